The molecule has 3 nitrogen and oxygen atoms in total. The third kappa shape index (κ3) is 1.97. The van der Waals surface area contributed by atoms with Crippen LogP contribution in [0.15, 0.2) is 12.4 Å². The Bertz CT molecular complexity index is 329. The van der Waals surface area contributed by atoms with Crippen LogP contribution in [0.2, 0.25) is 0 Å². The van der Waals surface area contributed by atoms with Crippen molar-refractivity contribution in [2.24, 2.45) is 0 Å². The number of hydrogen-bond acceptors (Lipinski definition) is 2. The van der Waals surface area contributed by atoms with Crippen molar-refractivity contribution in [2.75, 3.05) is 13.1 Å². The number of piperidine rings is 1. The molecular weight excluding hydrogens is 174 g/mol. The molecule has 0 bridgehead atoms. The molecule has 1 fully saturated rings. The van der Waals surface area contributed by atoms with Gasteiger partial charge in [-0.05, 0) is 37.4 Å². The predicted octanol–water partition coefficient (Wildman–Crippen LogP) is 0.983. The highest BCUT2D eigenvalue weighted by molar-refractivity contribution is 5.12. The molecule has 0 amide bonds. The molecule has 1 aliphatic heterocycles. The maximum absolute atomic E-state index is 5.23. The third-order valence-corrected chi connectivity index (χ3v) is 2.72. The molecule has 14 heavy (non-hydrogen) atoms. The van der Waals surface area contributed by atoms with E-state index in [2.05, 4.69) is 22.5 Å². The molecule has 0 unspecified atom stereocenters. The Hall–Kier alpha value is -1.27. The Balaban J connectivity index is 2.04. The molecule has 2 rings (SSSR count). The van der Waals surface area contributed by atoms with E-state index in [-0.39, 0.29) is 0 Å². The summed E-state index contributed by atoms with van der Waals surface area (Å²) >= 11 is 0. The number of nitrogens with one attached hydrogen (secondary N) is 1. The summed E-state index contributed by atoms with van der Waals surface area (Å²) in [5, 5.41) is 7.59. The highest BCUT2D eigenvalue weighted by Crippen LogP contribution is 2.24. The quantitative estimate of drug-likeness (QED) is 0.703. The summed E-state index contributed by atoms with van der Waals surface area (Å²) in [5.41, 5.74) is 1.33. The first-order valence-corrected chi connectivity index (χ1v) is 5.06. The summed E-state index contributed by atoms with van der Waals surface area (Å²) in [6.45, 7) is 2.81. The summed E-state index contributed by atoms with van der Waals surface area (Å²) in [4.78, 5) is 0. The predicted molar refractivity (Wildman–Crippen MR) is 55.9 cm³/mol. The second kappa shape index (κ2) is 4.30. The van der Waals surface area contributed by atoms with Crippen molar-refractivity contribution in [1.82, 2.24) is 15.1 Å². The standard InChI is InChI=1S/C11H15N3/c1-2-7-14-9-11(8-13-14)10-3-5-12-6-4-10/h1,8-10,12H,3-7H2. The number of nitrogens with zero attached hydrogens (tertiary/aromatic N) is 2. The molecule has 1 aliphatic rings. The van der Waals surface area contributed by atoms with E-state index >= 15 is 0 Å². The van der Waals surface area contributed by atoms with E-state index in [9.17, 15) is 0 Å². The van der Waals surface area contributed by atoms with Gasteiger partial charge in [0.2, 0.25) is 0 Å². The van der Waals surface area contributed by atoms with Crippen LogP contribution in [-0.2, 0) is 6.54 Å². The van der Waals surface area contributed by atoms with Crippen molar-refractivity contribution >= 4 is 0 Å². The molecule has 0 spiro atoms. The molecule has 1 aromatic heterocycles. The summed E-state index contributed by atoms with van der Waals surface area (Å²) in [6, 6.07) is 0. The van der Waals surface area contributed by atoms with Crippen LogP contribution < -0.4 is 5.32 Å². The van der Waals surface area contributed by atoms with E-state index in [0.717, 1.165) is 13.1 Å². The molecule has 0 radical (unpaired) electrons. The van der Waals surface area contributed by atoms with E-state index in [1.807, 2.05) is 10.9 Å². The van der Waals surface area contributed by atoms with Crippen LogP contribution in [-0.4, -0.2) is 22.9 Å². The van der Waals surface area contributed by atoms with Crippen molar-refractivity contribution in [2.45, 2.75) is 25.3 Å². The fourth-order valence-corrected chi connectivity index (χ4v) is 1.93. The highest BCUT2D eigenvalue weighted by Gasteiger charge is 2.16. The average Bonchev–Trinajstić information content (AvgIpc) is 2.68. The molecule has 1 N–H and O–H groups in total. The van der Waals surface area contributed by atoms with Gasteiger partial charge in [-0.25, -0.2) is 0 Å². The van der Waals surface area contributed by atoms with E-state index in [4.69, 9.17) is 6.42 Å². The topological polar surface area (TPSA) is 29.9 Å². The van der Waals surface area contributed by atoms with Crippen LogP contribution in [0, 0.1) is 12.3 Å². The Morgan fingerprint density at radius 3 is 3.07 bits per heavy atom. The number of terminal acetylenes is 1. The van der Waals surface area contributed by atoms with Crippen molar-refractivity contribution in [1.29, 1.82) is 0 Å². The summed E-state index contributed by atoms with van der Waals surface area (Å²) < 4.78 is 1.83. The van der Waals surface area contributed by atoms with Gasteiger partial charge in [-0.3, -0.25) is 4.68 Å². The lowest BCUT2D eigenvalue weighted by molar-refractivity contribution is 0.460. The maximum atomic E-state index is 5.23. The van der Waals surface area contributed by atoms with Gasteiger partial charge < -0.3 is 5.32 Å². The minimum atomic E-state index is 0.574. The number of rotatable bonds is 2. The molecule has 0 aliphatic carbocycles. The second-order valence-corrected chi connectivity index (χ2v) is 3.70. The average molecular weight is 189 g/mol. The first-order chi connectivity index (χ1) is 6.90. The van der Waals surface area contributed by atoms with Crippen molar-refractivity contribution < 1.29 is 0 Å². The molecule has 0 atom stereocenters. The lowest BCUT2D eigenvalue weighted by atomic mass is 9.93. The largest absolute Gasteiger partial charge is 0.317 e. The van der Waals surface area contributed by atoms with Crippen molar-refractivity contribution in [3.63, 3.8) is 0 Å². The van der Waals surface area contributed by atoms with Crippen LogP contribution in [0.3, 0.4) is 0 Å². The Labute approximate surface area is 84.5 Å². The van der Waals surface area contributed by atoms with E-state index in [0.29, 0.717) is 12.5 Å². The first-order valence-electron chi connectivity index (χ1n) is 5.06. The molecule has 74 valence electrons. The van der Waals surface area contributed by atoms with Gasteiger partial charge in [-0.2, -0.15) is 5.10 Å². The Morgan fingerprint density at radius 2 is 2.36 bits per heavy atom. The van der Waals surface area contributed by atoms with Crippen LogP contribution >= 0.6 is 0 Å². The van der Waals surface area contributed by atoms with Crippen LogP contribution in [0.1, 0.15) is 24.3 Å². The maximum Gasteiger partial charge on any atom is 0.101 e. The van der Waals surface area contributed by atoms with E-state index in [1.54, 1.807) is 0 Å². The van der Waals surface area contributed by atoms with E-state index in [1.165, 1.54) is 18.4 Å². The number of aromatic nitrogens is 2. The zero-order valence-electron chi connectivity index (χ0n) is 8.24. The highest BCUT2D eigenvalue weighted by atomic mass is 15.3. The van der Waals surface area contributed by atoms with Gasteiger partial charge in [0, 0.05) is 6.20 Å². The van der Waals surface area contributed by atoms with Gasteiger partial charge in [0.05, 0.1) is 6.20 Å². The van der Waals surface area contributed by atoms with Crippen molar-refractivity contribution in [3.05, 3.63) is 18.0 Å². The molecular formula is C11H15N3. The third-order valence-electron chi connectivity index (χ3n) is 2.72. The molecule has 2 heterocycles. The van der Waals surface area contributed by atoms with Gasteiger partial charge in [-0.15, -0.1) is 6.42 Å². The zero-order valence-corrected chi connectivity index (χ0v) is 8.24. The molecule has 1 saturated heterocycles. The molecule has 0 aromatic carbocycles. The minimum absolute atomic E-state index is 0.574. The van der Waals surface area contributed by atoms with Crippen LogP contribution in [0.5, 0.6) is 0 Å². The van der Waals surface area contributed by atoms with Gasteiger partial charge in [0.1, 0.15) is 6.54 Å². The number of hydrogen-bond donors (Lipinski definition) is 1. The minimum Gasteiger partial charge on any atom is -0.317 e. The smallest absolute Gasteiger partial charge is 0.101 e. The monoisotopic (exact) mass is 189 g/mol. The van der Waals surface area contributed by atoms with Crippen LogP contribution in [0.4, 0.5) is 0 Å². The fraction of sp³-hybridized carbons (Fsp3) is 0.545. The Morgan fingerprint density at radius 1 is 1.57 bits per heavy atom. The summed E-state index contributed by atoms with van der Waals surface area (Å²) in [7, 11) is 0. The Kier molecular flexibility index (Phi) is 2.85. The van der Waals surface area contributed by atoms with Gasteiger partial charge >= 0.3 is 0 Å². The SMILES string of the molecule is C#CCn1cc(C2CCNCC2)cn1. The van der Waals surface area contributed by atoms with Crippen LogP contribution in [0.25, 0.3) is 0 Å². The lowest BCUT2D eigenvalue weighted by Gasteiger charge is -2.21. The normalized spacial score (nSPS) is 17.9. The first kappa shape index (κ1) is 9.29. The zero-order chi connectivity index (χ0) is 9.80. The second-order valence-electron chi connectivity index (χ2n) is 3.70. The molecule has 0 saturated carbocycles. The van der Waals surface area contributed by atoms with Gasteiger partial charge in [0.15, 0.2) is 0 Å². The van der Waals surface area contributed by atoms with Gasteiger partial charge in [0.25, 0.3) is 0 Å². The molecule has 3 heteroatoms. The fourth-order valence-electron chi connectivity index (χ4n) is 1.93. The van der Waals surface area contributed by atoms with E-state index < -0.39 is 0 Å². The lowest BCUT2D eigenvalue weighted by Crippen LogP contribution is -2.26. The summed E-state index contributed by atoms with van der Waals surface area (Å²) in [5.74, 6) is 3.26. The van der Waals surface area contributed by atoms with Crippen molar-refractivity contribution in [3.8, 4) is 12.3 Å². The van der Waals surface area contributed by atoms with Gasteiger partial charge in [-0.1, -0.05) is 5.92 Å². The molecule has 1 aromatic rings. The summed E-state index contributed by atoms with van der Waals surface area (Å²) in [6.07, 6.45) is 11.7.